The molecule has 3 aromatic rings. The quantitative estimate of drug-likeness (QED) is 0.495. The molecule has 0 aliphatic heterocycles. The minimum Gasteiger partial charge on any atom is -0.497 e. The Kier molecular flexibility index (Phi) is 7.52. The summed E-state index contributed by atoms with van der Waals surface area (Å²) in [6, 6.07) is 11.4. The largest absolute Gasteiger partial charge is 0.497 e. The Morgan fingerprint density at radius 1 is 1.14 bits per heavy atom. The van der Waals surface area contributed by atoms with Crippen molar-refractivity contribution in [2.24, 2.45) is 0 Å². The fourth-order valence-electron chi connectivity index (χ4n) is 2.77. The van der Waals surface area contributed by atoms with Crippen molar-refractivity contribution in [2.75, 3.05) is 31.8 Å². The van der Waals surface area contributed by atoms with Gasteiger partial charge in [-0.1, -0.05) is 12.1 Å². The van der Waals surface area contributed by atoms with Gasteiger partial charge in [0.1, 0.15) is 11.5 Å². The fraction of sp³-hybridized carbons (Fsp3) is 0.286. The van der Waals surface area contributed by atoms with Crippen molar-refractivity contribution in [1.29, 1.82) is 0 Å². The number of benzene rings is 1. The van der Waals surface area contributed by atoms with E-state index < -0.39 is 0 Å². The Labute approximate surface area is 173 Å². The van der Waals surface area contributed by atoms with Crippen LogP contribution >= 0.6 is 11.8 Å². The number of hydrogen-bond donors (Lipinski definition) is 2. The third-order valence-electron chi connectivity index (χ3n) is 4.25. The zero-order valence-corrected chi connectivity index (χ0v) is 17.3. The predicted octanol–water partition coefficient (Wildman–Crippen LogP) is 3.12. The summed E-state index contributed by atoms with van der Waals surface area (Å²) in [5, 5.41) is 3.15. The molecule has 0 radical (unpaired) electrons. The number of aromatic amines is 1. The van der Waals surface area contributed by atoms with Crippen molar-refractivity contribution in [2.45, 2.75) is 12.2 Å². The van der Waals surface area contributed by atoms with E-state index in [0.717, 1.165) is 34.3 Å². The Hall–Kier alpha value is -3.00. The van der Waals surface area contributed by atoms with Crippen LogP contribution in [0, 0.1) is 0 Å². The number of anilines is 1. The molecule has 0 aliphatic rings. The first-order valence-corrected chi connectivity index (χ1v) is 10.4. The van der Waals surface area contributed by atoms with Crippen molar-refractivity contribution in [3.8, 4) is 11.5 Å². The average Bonchev–Trinajstić information content (AvgIpc) is 2.75. The number of nitrogens with zero attached hydrogens (tertiary/aromatic N) is 2. The first kappa shape index (κ1) is 20.7. The van der Waals surface area contributed by atoms with E-state index in [1.807, 2.05) is 36.4 Å². The standard InChI is InChI=1S/C21H24N4O3S/c1-27-17-6-3-5-15(12-17)11-16-13-24-21(25-20(16)26)23-9-10-29-14-18-19(28-2)7-4-8-22-18/h3-8,12-13H,9-11,14H2,1-2H3,(H2,23,24,25,26). The third kappa shape index (κ3) is 5.99. The first-order valence-electron chi connectivity index (χ1n) is 9.20. The van der Waals surface area contributed by atoms with Crippen LogP contribution < -0.4 is 20.3 Å². The number of ether oxygens (including phenoxy) is 2. The van der Waals surface area contributed by atoms with Gasteiger partial charge in [-0.25, -0.2) is 4.98 Å². The zero-order chi connectivity index (χ0) is 20.5. The third-order valence-corrected chi connectivity index (χ3v) is 5.22. The maximum atomic E-state index is 12.3. The summed E-state index contributed by atoms with van der Waals surface area (Å²) >= 11 is 1.73. The van der Waals surface area contributed by atoms with Gasteiger partial charge in [-0.3, -0.25) is 14.8 Å². The number of pyridine rings is 1. The number of H-pyrrole nitrogens is 1. The van der Waals surface area contributed by atoms with Gasteiger partial charge >= 0.3 is 0 Å². The number of methoxy groups -OCH3 is 2. The van der Waals surface area contributed by atoms with Gasteiger partial charge in [0, 0.05) is 42.4 Å². The normalized spacial score (nSPS) is 10.6. The van der Waals surface area contributed by atoms with E-state index in [0.29, 0.717) is 24.5 Å². The second kappa shape index (κ2) is 10.5. The molecule has 0 unspecified atom stereocenters. The lowest BCUT2D eigenvalue weighted by atomic mass is 10.1. The van der Waals surface area contributed by atoms with Gasteiger partial charge in [0.25, 0.3) is 5.56 Å². The molecule has 2 N–H and O–H groups in total. The topological polar surface area (TPSA) is 89.1 Å². The van der Waals surface area contributed by atoms with Crippen LogP contribution in [0.1, 0.15) is 16.8 Å². The molecule has 3 rings (SSSR count). The minimum atomic E-state index is -0.142. The van der Waals surface area contributed by atoms with Crippen molar-refractivity contribution in [3.63, 3.8) is 0 Å². The van der Waals surface area contributed by atoms with Crippen molar-refractivity contribution >= 4 is 17.7 Å². The van der Waals surface area contributed by atoms with Gasteiger partial charge in [-0.05, 0) is 29.8 Å². The molecule has 0 atom stereocenters. The maximum Gasteiger partial charge on any atom is 0.255 e. The average molecular weight is 413 g/mol. The number of thioether (sulfide) groups is 1. The van der Waals surface area contributed by atoms with Crippen LogP contribution in [-0.2, 0) is 12.2 Å². The molecular formula is C21H24N4O3S. The summed E-state index contributed by atoms with van der Waals surface area (Å²) < 4.78 is 10.5. The van der Waals surface area contributed by atoms with Gasteiger partial charge < -0.3 is 14.8 Å². The fourth-order valence-corrected chi connectivity index (χ4v) is 3.57. The highest BCUT2D eigenvalue weighted by molar-refractivity contribution is 7.98. The second-order valence-corrected chi connectivity index (χ2v) is 7.35. The molecule has 0 saturated heterocycles. The van der Waals surface area contributed by atoms with E-state index in [9.17, 15) is 4.79 Å². The van der Waals surface area contributed by atoms with Crippen molar-refractivity contribution < 1.29 is 9.47 Å². The number of aromatic nitrogens is 3. The highest BCUT2D eigenvalue weighted by Gasteiger charge is 2.06. The lowest BCUT2D eigenvalue weighted by Gasteiger charge is -2.08. The van der Waals surface area contributed by atoms with Crippen LogP contribution in [0.15, 0.2) is 53.6 Å². The highest BCUT2D eigenvalue weighted by Crippen LogP contribution is 2.20. The number of nitrogens with one attached hydrogen (secondary N) is 2. The molecule has 7 nitrogen and oxygen atoms in total. The van der Waals surface area contributed by atoms with Crippen LogP contribution in [-0.4, -0.2) is 41.5 Å². The Morgan fingerprint density at radius 3 is 2.83 bits per heavy atom. The molecule has 152 valence electrons. The van der Waals surface area contributed by atoms with Crippen molar-refractivity contribution in [3.05, 3.63) is 76.0 Å². The van der Waals surface area contributed by atoms with Crippen LogP contribution in [0.5, 0.6) is 11.5 Å². The van der Waals surface area contributed by atoms with Gasteiger partial charge in [-0.15, -0.1) is 0 Å². The highest BCUT2D eigenvalue weighted by atomic mass is 32.2. The lowest BCUT2D eigenvalue weighted by molar-refractivity contribution is 0.409. The molecule has 29 heavy (non-hydrogen) atoms. The van der Waals surface area contributed by atoms with Crippen LogP contribution in [0.3, 0.4) is 0 Å². The molecule has 8 heteroatoms. The van der Waals surface area contributed by atoms with E-state index in [1.165, 1.54) is 0 Å². The number of hydrogen-bond acceptors (Lipinski definition) is 7. The Morgan fingerprint density at radius 2 is 2.03 bits per heavy atom. The van der Waals surface area contributed by atoms with Crippen LogP contribution in [0.4, 0.5) is 5.95 Å². The van der Waals surface area contributed by atoms with Crippen molar-refractivity contribution in [1.82, 2.24) is 15.0 Å². The molecular weight excluding hydrogens is 388 g/mol. The molecule has 0 fully saturated rings. The Balaban J connectivity index is 1.48. The molecule has 0 bridgehead atoms. The molecule has 2 heterocycles. The molecule has 0 amide bonds. The van der Waals surface area contributed by atoms with E-state index >= 15 is 0 Å². The molecule has 1 aromatic carbocycles. The molecule has 2 aromatic heterocycles. The summed E-state index contributed by atoms with van der Waals surface area (Å²) in [5.41, 5.74) is 2.39. The van der Waals surface area contributed by atoms with Gasteiger partial charge in [-0.2, -0.15) is 11.8 Å². The summed E-state index contributed by atoms with van der Waals surface area (Å²) in [5.74, 6) is 3.64. The van der Waals surface area contributed by atoms with E-state index in [1.54, 1.807) is 38.4 Å². The van der Waals surface area contributed by atoms with Gasteiger partial charge in [0.15, 0.2) is 0 Å². The summed E-state index contributed by atoms with van der Waals surface area (Å²) in [4.78, 5) is 23.8. The summed E-state index contributed by atoms with van der Waals surface area (Å²) in [6.45, 7) is 0.679. The van der Waals surface area contributed by atoms with Gasteiger partial charge in [0.2, 0.25) is 5.95 Å². The predicted molar refractivity (Wildman–Crippen MR) is 116 cm³/mol. The zero-order valence-electron chi connectivity index (χ0n) is 16.5. The first-order chi connectivity index (χ1) is 14.2. The molecule has 0 spiro atoms. The summed E-state index contributed by atoms with van der Waals surface area (Å²) in [6.07, 6.45) is 3.88. The summed E-state index contributed by atoms with van der Waals surface area (Å²) in [7, 11) is 3.27. The van der Waals surface area contributed by atoms with E-state index in [2.05, 4.69) is 20.3 Å². The van der Waals surface area contributed by atoms with E-state index in [-0.39, 0.29) is 5.56 Å². The van der Waals surface area contributed by atoms with Gasteiger partial charge in [0.05, 0.1) is 19.9 Å². The second-order valence-electron chi connectivity index (χ2n) is 6.25. The maximum absolute atomic E-state index is 12.3. The van der Waals surface area contributed by atoms with Crippen LogP contribution in [0.2, 0.25) is 0 Å². The Bertz CT molecular complexity index is 993. The number of rotatable bonds is 10. The monoisotopic (exact) mass is 412 g/mol. The SMILES string of the molecule is COc1cccc(Cc2cnc(NCCSCc3ncccc3OC)[nH]c2=O)c1. The van der Waals surface area contributed by atoms with Crippen LogP contribution in [0.25, 0.3) is 0 Å². The van der Waals surface area contributed by atoms with E-state index in [4.69, 9.17) is 9.47 Å². The molecule has 0 saturated carbocycles. The minimum absolute atomic E-state index is 0.142. The smallest absolute Gasteiger partial charge is 0.255 e. The lowest BCUT2D eigenvalue weighted by Crippen LogP contribution is -2.18. The molecule has 0 aliphatic carbocycles.